The third-order valence-electron chi connectivity index (χ3n) is 2.80. The molecule has 0 bridgehead atoms. The van der Waals surface area contributed by atoms with Gasteiger partial charge in [-0.1, -0.05) is 6.92 Å². The van der Waals surface area contributed by atoms with E-state index in [2.05, 4.69) is 21.8 Å². The molecule has 0 saturated carbocycles. The van der Waals surface area contributed by atoms with Crippen LogP contribution in [0, 0.1) is 6.92 Å². The Hall–Kier alpha value is -1.20. The monoisotopic (exact) mass is 222 g/mol. The lowest BCUT2D eigenvalue weighted by atomic mass is 10.3. The maximum atomic E-state index is 9.30. The fourth-order valence-corrected chi connectivity index (χ4v) is 1.84. The summed E-state index contributed by atoms with van der Waals surface area (Å²) in [5.41, 5.74) is 2.09. The zero-order valence-corrected chi connectivity index (χ0v) is 9.85. The minimum Gasteiger partial charge on any atom is -0.338 e. The van der Waals surface area contributed by atoms with Gasteiger partial charge >= 0.3 is 0 Å². The minimum atomic E-state index is 0.652. The van der Waals surface area contributed by atoms with Gasteiger partial charge in [0, 0.05) is 37.6 Å². The quantitative estimate of drug-likeness (QED) is 0.804. The summed E-state index contributed by atoms with van der Waals surface area (Å²) in [6, 6.07) is 2.02. The largest absolute Gasteiger partial charge is 0.338 e. The highest BCUT2D eigenvalue weighted by Crippen LogP contribution is 2.12. The van der Waals surface area contributed by atoms with Gasteiger partial charge in [0.05, 0.1) is 0 Å². The summed E-state index contributed by atoms with van der Waals surface area (Å²) in [5.74, 6) is 0.796. The molecule has 1 aromatic rings. The zero-order chi connectivity index (χ0) is 11.5. The molecule has 1 aromatic heterocycles. The summed E-state index contributed by atoms with van der Waals surface area (Å²) in [4.78, 5) is 11.1. The maximum absolute atomic E-state index is 9.30. The molecule has 2 rings (SSSR count). The van der Waals surface area contributed by atoms with Crippen LogP contribution in [0.15, 0.2) is 6.07 Å². The molecular formula is C11H18N4O. The second-order valence-corrected chi connectivity index (χ2v) is 4.09. The highest BCUT2D eigenvalue weighted by atomic mass is 16.5. The molecule has 5 nitrogen and oxygen atoms in total. The van der Waals surface area contributed by atoms with Crippen LogP contribution in [-0.4, -0.2) is 46.4 Å². The Bertz CT molecular complexity index is 361. The van der Waals surface area contributed by atoms with Crippen LogP contribution in [0.4, 0.5) is 5.95 Å². The van der Waals surface area contributed by atoms with Gasteiger partial charge in [-0.05, 0) is 19.4 Å². The topological polar surface area (TPSA) is 52.5 Å². The van der Waals surface area contributed by atoms with Gasteiger partial charge in [-0.15, -0.1) is 0 Å². The minimum absolute atomic E-state index is 0.652. The van der Waals surface area contributed by atoms with E-state index in [4.69, 9.17) is 0 Å². The van der Waals surface area contributed by atoms with Crippen molar-refractivity contribution in [3.05, 3.63) is 17.5 Å². The van der Waals surface area contributed by atoms with Crippen molar-refractivity contribution in [2.24, 2.45) is 0 Å². The van der Waals surface area contributed by atoms with Gasteiger partial charge in [0.25, 0.3) is 0 Å². The van der Waals surface area contributed by atoms with E-state index in [1.807, 2.05) is 13.0 Å². The summed E-state index contributed by atoms with van der Waals surface area (Å²) in [6.45, 7) is 6.95. The molecule has 0 amide bonds. The van der Waals surface area contributed by atoms with Crippen LogP contribution >= 0.6 is 0 Å². The van der Waals surface area contributed by atoms with Crippen molar-refractivity contribution in [2.75, 3.05) is 31.1 Å². The second kappa shape index (κ2) is 4.76. The summed E-state index contributed by atoms with van der Waals surface area (Å²) in [5, 5.41) is 10.6. The molecule has 2 heterocycles. The Labute approximate surface area is 95.7 Å². The highest BCUT2D eigenvalue weighted by molar-refractivity contribution is 5.33. The normalized spacial score (nSPS) is 17.8. The number of rotatable bonds is 2. The average molecular weight is 222 g/mol. The van der Waals surface area contributed by atoms with Gasteiger partial charge in [0.2, 0.25) is 5.95 Å². The predicted molar refractivity (Wildman–Crippen MR) is 61.7 cm³/mol. The third-order valence-corrected chi connectivity index (χ3v) is 2.80. The SMILES string of the molecule is CCc1cc(C)nc(N2CCN(O)CC2)n1. The van der Waals surface area contributed by atoms with Crippen LogP contribution < -0.4 is 4.90 Å². The first-order valence-electron chi connectivity index (χ1n) is 5.72. The number of aromatic nitrogens is 2. The summed E-state index contributed by atoms with van der Waals surface area (Å²) < 4.78 is 0. The van der Waals surface area contributed by atoms with Crippen LogP contribution in [-0.2, 0) is 6.42 Å². The molecular weight excluding hydrogens is 204 g/mol. The Morgan fingerprint density at radius 2 is 1.94 bits per heavy atom. The Kier molecular flexibility index (Phi) is 3.36. The van der Waals surface area contributed by atoms with Crippen LogP contribution in [0.25, 0.3) is 0 Å². The van der Waals surface area contributed by atoms with Crippen molar-refractivity contribution in [3.63, 3.8) is 0 Å². The van der Waals surface area contributed by atoms with Crippen LogP contribution in [0.5, 0.6) is 0 Å². The van der Waals surface area contributed by atoms with Crippen molar-refractivity contribution in [2.45, 2.75) is 20.3 Å². The molecule has 0 unspecified atom stereocenters. The lowest BCUT2D eigenvalue weighted by Crippen LogP contribution is -2.45. The number of hydrogen-bond acceptors (Lipinski definition) is 5. The van der Waals surface area contributed by atoms with Gasteiger partial charge in [0.15, 0.2) is 0 Å². The van der Waals surface area contributed by atoms with Crippen molar-refractivity contribution in [3.8, 4) is 0 Å². The fourth-order valence-electron chi connectivity index (χ4n) is 1.84. The zero-order valence-electron chi connectivity index (χ0n) is 9.85. The summed E-state index contributed by atoms with van der Waals surface area (Å²) in [6.07, 6.45) is 0.927. The van der Waals surface area contributed by atoms with E-state index in [-0.39, 0.29) is 0 Å². The van der Waals surface area contributed by atoms with E-state index in [0.29, 0.717) is 13.1 Å². The van der Waals surface area contributed by atoms with Gasteiger partial charge in [-0.25, -0.2) is 9.97 Å². The molecule has 0 radical (unpaired) electrons. The molecule has 1 aliphatic heterocycles. The number of anilines is 1. The molecule has 16 heavy (non-hydrogen) atoms. The molecule has 0 aromatic carbocycles. The van der Waals surface area contributed by atoms with Crippen molar-refractivity contribution in [1.29, 1.82) is 0 Å². The molecule has 0 spiro atoms. The van der Waals surface area contributed by atoms with E-state index < -0.39 is 0 Å². The Morgan fingerprint density at radius 1 is 1.25 bits per heavy atom. The molecule has 1 aliphatic rings. The van der Waals surface area contributed by atoms with Crippen molar-refractivity contribution >= 4 is 5.95 Å². The highest BCUT2D eigenvalue weighted by Gasteiger charge is 2.17. The van der Waals surface area contributed by atoms with Gasteiger partial charge in [-0.3, -0.25) is 0 Å². The van der Waals surface area contributed by atoms with Gasteiger partial charge in [-0.2, -0.15) is 5.06 Å². The fraction of sp³-hybridized carbons (Fsp3) is 0.636. The molecule has 88 valence electrons. The Balaban J connectivity index is 2.16. The van der Waals surface area contributed by atoms with Crippen molar-refractivity contribution in [1.82, 2.24) is 15.0 Å². The van der Waals surface area contributed by atoms with Crippen LogP contribution in [0.2, 0.25) is 0 Å². The molecule has 1 fully saturated rings. The first-order valence-corrected chi connectivity index (χ1v) is 5.72. The van der Waals surface area contributed by atoms with E-state index in [0.717, 1.165) is 36.8 Å². The van der Waals surface area contributed by atoms with E-state index in [1.54, 1.807) is 0 Å². The lowest BCUT2D eigenvalue weighted by molar-refractivity contribution is -0.0937. The third kappa shape index (κ3) is 2.48. The first kappa shape index (κ1) is 11.3. The first-order chi connectivity index (χ1) is 7.69. The summed E-state index contributed by atoms with van der Waals surface area (Å²) in [7, 11) is 0. The molecule has 0 aliphatic carbocycles. The maximum Gasteiger partial charge on any atom is 0.225 e. The Morgan fingerprint density at radius 3 is 2.56 bits per heavy atom. The molecule has 1 saturated heterocycles. The van der Waals surface area contributed by atoms with Gasteiger partial charge in [0.1, 0.15) is 0 Å². The standard InChI is InChI=1S/C11H18N4O/c1-3-10-8-9(2)12-11(13-10)14-4-6-15(16)7-5-14/h8,16H,3-7H2,1-2H3. The van der Waals surface area contributed by atoms with E-state index in [1.165, 1.54) is 5.06 Å². The number of nitrogens with zero attached hydrogens (tertiary/aromatic N) is 4. The predicted octanol–water partition coefficient (Wildman–Crippen LogP) is 0.859. The van der Waals surface area contributed by atoms with E-state index in [9.17, 15) is 5.21 Å². The second-order valence-electron chi connectivity index (χ2n) is 4.09. The van der Waals surface area contributed by atoms with Crippen LogP contribution in [0.3, 0.4) is 0 Å². The molecule has 1 N–H and O–H groups in total. The number of piperazine rings is 1. The van der Waals surface area contributed by atoms with Crippen LogP contribution in [0.1, 0.15) is 18.3 Å². The molecule has 0 atom stereocenters. The average Bonchev–Trinajstić information content (AvgIpc) is 2.29. The number of hydrogen-bond donors (Lipinski definition) is 1. The van der Waals surface area contributed by atoms with E-state index >= 15 is 0 Å². The molecule has 5 heteroatoms. The van der Waals surface area contributed by atoms with Crippen molar-refractivity contribution < 1.29 is 5.21 Å². The lowest BCUT2D eigenvalue weighted by Gasteiger charge is -2.31. The summed E-state index contributed by atoms with van der Waals surface area (Å²) >= 11 is 0. The smallest absolute Gasteiger partial charge is 0.225 e. The number of aryl methyl sites for hydroxylation is 2. The van der Waals surface area contributed by atoms with Gasteiger partial charge < -0.3 is 10.1 Å². The number of hydroxylamine groups is 2.